The van der Waals surface area contributed by atoms with E-state index in [9.17, 15) is 8.42 Å². The van der Waals surface area contributed by atoms with Gasteiger partial charge in [0.15, 0.2) is 0 Å². The van der Waals surface area contributed by atoms with Gasteiger partial charge in [0, 0.05) is 11.6 Å². The fourth-order valence-corrected chi connectivity index (χ4v) is 2.83. The Bertz CT molecular complexity index is 649. The van der Waals surface area contributed by atoms with Crippen molar-refractivity contribution in [3.05, 3.63) is 59.7 Å². The normalized spacial score (nSPS) is 11.3. The summed E-state index contributed by atoms with van der Waals surface area (Å²) in [7, 11) is -3.54. The number of hydrogen-bond donors (Lipinski definition) is 1. The monoisotopic (exact) mass is 295 g/mol. The molecule has 2 aromatic carbocycles. The Morgan fingerprint density at radius 3 is 2.11 bits per heavy atom. The second kappa shape index (κ2) is 5.63. The minimum Gasteiger partial charge on any atom is -0.280 e. The standard InChI is InChI=1S/C14H14ClNO2S/c1-11-2-6-13(7-3-11)16-19(17,18)14-8-4-12(10-15)5-9-14/h2-9,16H,10H2,1H3. The lowest BCUT2D eigenvalue weighted by Crippen LogP contribution is -2.12. The fraction of sp³-hybridized carbons (Fsp3) is 0.143. The van der Waals surface area contributed by atoms with Crippen LogP contribution in [-0.4, -0.2) is 8.42 Å². The zero-order valence-corrected chi connectivity index (χ0v) is 12.0. The van der Waals surface area contributed by atoms with Gasteiger partial charge in [0.2, 0.25) is 0 Å². The van der Waals surface area contributed by atoms with Gasteiger partial charge in [-0.2, -0.15) is 0 Å². The van der Waals surface area contributed by atoms with E-state index in [0.29, 0.717) is 11.6 Å². The van der Waals surface area contributed by atoms with Gasteiger partial charge in [-0.3, -0.25) is 4.72 Å². The fourth-order valence-electron chi connectivity index (χ4n) is 1.59. The zero-order chi connectivity index (χ0) is 13.9. The average Bonchev–Trinajstić information content (AvgIpc) is 2.41. The van der Waals surface area contributed by atoms with Crippen molar-refractivity contribution in [2.45, 2.75) is 17.7 Å². The molecule has 0 saturated heterocycles. The van der Waals surface area contributed by atoms with Crippen LogP contribution >= 0.6 is 11.6 Å². The minimum absolute atomic E-state index is 0.224. The van der Waals surface area contributed by atoms with Crippen molar-refractivity contribution in [3.63, 3.8) is 0 Å². The maximum Gasteiger partial charge on any atom is 0.261 e. The molecular weight excluding hydrogens is 282 g/mol. The molecule has 0 saturated carbocycles. The quantitative estimate of drug-likeness (QED) is 0.877. The molecule has 0 bridgehead atoms. The molecule has 0 aliphatic rings. The average molecular weight is 296 g/mol. The Kier molecular flexibility index (Phi) is 4.12. The van der Waals surface area contributed by atoms with Crippen LogP contribution in [0.15, 0.2) is 53.4 Å². The Labute approximate surface area is 118 Å². The summed E-state index contributed by atoms with van der Waals surface area (Å²) in [5, 5.41) is 0. The number of alkyl halides is 1. The van der Waals surface area contributed by atoms with Crippen molar-refractivity contribution in [3.8, 4) is 0 Å². The Hall–Kier alpha value is -1.52. The lowest BCUT2D eigenvalue weighted by atomic mass is 10.2. The number of hydrogen-bond acceptors (Lipinski definition) is 2. The third-order valence-electron chi connectivity index (χ3n) is 2.69. The summed E-state index contributed by atoms with van der Waals surface area (Å²) in [4.78, 5) is 0.224. The van der Waals surface area contributed by atoms with E-state index in [-0.39, 0.29) is 4.90 Å². The maximum absolute atomic E-state index is 12.1. The van der Waals surface area contributed by atoms with E-state index in [1.54, 1.807) is 36.4 Å². The predicted octanol–water partition coefficient (Wildman–Crippen LogP) is 3.53. The first-order chi connectivity index (χ1) is 9.01. The molecule has 5 heteroatoms. The van der Waals surface area contributed by atoms with Gasteiger partial charge in [-0.25, -0.2) is 8.42 Å². The number of halogens is 1. The van der Waals surface area contributed by atoms with Gasteiger partial charge in [-0.1, -0.05) is 29.8 Å². The maximum atomic E-state index is 12.1. The number of aryl methyl sites for hydroxylation is 1. The summed E-state index contributed by atoms with van der Waals surface area (Å²) in [5.74, 6) is 0.367. The number of anilines is 1. The molecule has 1 N–H and O–H groups in total. The van der Waals surface area contributed by atoms with Crippen LogP contribution in [0.3, 0.4) is 0 Å². The van der Waals surface area contributed by atoms with Gasteiger partial charge < -0.3 is 0 Å². The van der Waals surface area contributed by atoms with Crippen molar-refractivity contribution in [2.75, 3.05) is 4.72 Å². The van der Waals surface area contributed by atoms with Crippen molar-refractivity contribution < 1.29 is 8.42 Å². The molecule has 2 aromatic rings. The number of rotatable bonds is 4. The number of sulfonamides is 1. The summed E-state index contributed by atoms with van der Waals surface area (Å²) < 4.78 is 26.8. The molecule has 0 unspecified atom stereocenters. The first-order valence-electron chi connectivity index (χ1n) is 5.76. The van der Waals surface area contributed by atoms with E-state index >= 15 is 0 Å². The number of nitrogens with one attached hydrogen (secondary N) is 1. The smallest absolute Gasteiger partial charge is 0.261 e. The molecule has 0 fully saturated rings. The van der Waals surface area contributed by atoms with E-state index in [1.165, 1.54) is 0 Å². The van der Waals surface area contributed by atoms with E-state index in [4.69, 9.17) is 11.6 Å². The highest BCUT2D eigenvalue weighted by Gasteiger charge is 2.13. The van der Waals surface area contributed by atoms with Gasteiger partial charge in [-0.15, -0.1) is 11.6 Å². The molecule has 100 valence electrons. The Morgan fingerprint density at radius 1 is 1.00 bits per heavy atom. The van der Waals surface area contributed by atoms with Crippen molar-refractivity contribution in [1.29, 1.82) is 0 Å². The van der Waals surface area contributed by atoms with Gasteiger partial charge in [0.05, 0.1) is 4.90 Å². The van der Waals surface area contributed by atoms with Crippen LogP contribution in [0.5, 0.6) is 0 Å². The summed E-state index contributed by atoms with van der Waals surface area (Å²) in [6.45, 7) is 1.95. The molecule has 3 nitrogen and oxygen atoms in total. The van der Waals surface area contributed by atoms with Crippen LogP contribution in [0, 0.1) is 6.92 Å². The van der Waals surface area contributed by atoms with Crippen LogP contribution in [0.2, 0.25) is 0 Å². The van der Waals surface area contributed by atoms with Crippen molar-refractivity contribution >= 4 is 27.3 Å². The molecule has 0 heterocycles. The summed E-state index contributed by atoms with van der Waals surface area (Å²) in [6.07, 6.45) is 0. The molecule has 0 aromatic heterocycles. The highest BCUT2D eigenvalue weighted by Crippen LogP contribution is 2.17. The summed E-state index contributed by atoms with van der Waals surface area (Å²) >= 11 is 5.67. The summed E-state index contributed by atoms with van der Waals surface area (Å²) in [5.41, 5.74) is 2.51. The van der Waals surface area contributed by atoms with Crippen LogP contribution in [0.25, 0.3) is 0 Å². The van der Waals surface area contributed by atoms with Gasteiger partial charge in [0.25, 0.3) is 10.0 Å². The third kappa shape index (κ3) is 3.49. The lowest BCUT2D eigenvalue weighted by molar-refractivity contribution is 0.601. The van der Waals surface area contributed by atoms with Gasteiger partial charge in [0.1, 0.15) is 0 Å². The van der Waals surface area contributed by atoms with E-state index in [2.05, 4.69) is 4.72 Å². The lowest BCUT2D eigenvalue weighted by Gasteiger charge is -2.08. The van der Waals surface area contributed by atoms with Crippen molar-refractivity contribution in [1.82, 2.24) is 0 Å². The largest absolute Gasteiger partial charge is 0.280 e. The molecule has 19 heavy (non-hydrogen) atoms. The molecule has 0 aliphatic carbocycles. The van der Waals surface area contributed by atoms with Crippen LogP contribution in [-0.2, 0) is 15.9 Å². The highest BCUT2D eigenvalue weighted by molar-refractivity contribution is 7.92. The third-order valence-corrected chi connectivity index (χ3v) is 4.40. The van der Waals surface area contributed by atoms with Crippen LogP contribution < -0.4 is 4.72 Å². The molecule has 0 atom stereocenters. The van der Waals surface area contributed by atoms with Gasteiger partial charge >= 0.3 is 0 Å². The Morgan fingerprint density at radius 2 is 1.58 bits per heavy atom. The molecule has 2 rings (SSSR count). The second-order valence-electron chi connectivity index (χ2n) is 4.25. The van der Waals surface area contributed by atoms with E-state index in [1.807, 2.05) is 19.1 Å². The topological polar surface area (TPSA) is 46.2 Å². The minimum atomic E-state index is -3.54. The first kappa shape index (κ1) is 13.9. The molecule has 0 radical (unpaired) electrons. The first-order valence-corrected chi connectivity index (χ1v) is 7.77. The molecule has 0 amide bonds. The SMILES string of the molecule is Cc1ccc(NS(=O)(=O)c2ccc(CCl)cc2)cc1. The summed E-state index contributed by atoms with van der Waals surface area (Å²) in [6, 6.07) is 13.7. The van der Waals surface area contributed by atoms with Gasteiger partial charge in [-0.05, 0) is 36.8 Å². The molecule has 0 spiro atoms. The van der Waals surface area contributed by atoms with Crippen molar-refractivity contribution in [2.24, 2.45) is 0 Å². The second-order valence-corrected chi connectivity index (χ2v) is 6.20. The number of benzene rings is 2. The van der Waals surface area contributed by atoms with Crippen LogP contribution in [0.1, 0.15) is 11.1 Å². The Balaban J connectivity index is 2.24. The van der Waals surface area contributed by atoms with E-state index in [0.717, 1.165) is 11.1 Å². The zero-order valence-electron chi connectivity index (χ0n) is 10.4. The molecular formula is C14H14ClNO2S. The molecule has 0 aliphatic heterocycles. The predicted molar refractivity (Wildman–Crippen MR) is 78.0 cm³/mol. The highest BCUT2D eigenvalue weighted by atomic mass is 35.5. The van der Waals surface area contributed by atoms with E-state index < -0.39 is 10.0 Å². The van der Waals surface area contributed by atoms with Crippen LogP contribution in [0.4, 0.5) is 5.69 Å².